The highest BCUT2D eigenvalue weighted by atomic mass is 16.5. The fourth-order valence-electron chi connectivity index (χ4n) is 2.04. The SMILES string of the molecule is COCCNC(=O)CNC(=O)N1CCC(C)(C(=O)O)CC1. The summed E-state index contributed by atoms with van der Waals surface area (Å²) < 4.78 is 4.79. The Bertz CT molecular complexity index is 391. The molecule has 1 saturated heterocycles. The predicted octanol–water partition coefficient (Wildman–Crippen LogP) is -0.355. The van der Waals surface area contributed by atoms with Gasteiger partial charge in [0, 0.05) is 26.7 Å². The molecule has 3 N–H and O–H groups in total. The number of nitrogens with zero attached hydrogens (tertiary/aromatic N) is 1. The molecule has 0 bridgehead atoms. The minimum atomic E-state index is -0.833. The fraction of sp³-hybridized carbons (Fsp3) is 0.769. The van der Waals surface area contributed by atoms with Crippen LogP contribution in [0, 0.1) is 5.41 Å². The van der Waals surface area contributed by atoms with Gasteiger partial charge < -0.3 is 25.4 Å². The van der Waals surface area contributed by atoms with Crippen LogP contribution in [0.1, 0.15) is 19.8 Å². The van der Waals surface area contributed by atoms with Crippen molar-refractivity contribution in [2.24, 2.45) is 5.41 Å². The van der Waals surface area contributed by atoms with Crippen LogP contribution in [0.4, 0.5) is 4.79 Å². The van der Waals surface area contributed by atoms with Gasteiger partial charge >= 0.3 is 12.0 Å². The van der Waals surface area contributed by atoms with Gasteiger partial charge in [-0.3, -0.25) is 9.59 Å². The topological polar surface area (TPSA) is 108 Å². The monoisotopic (exact) mass is 301 g/mol. The number of hydrogen-bond donors (Lipinski definition) is 3. The molecule has 3 amide bonds. The number of carbonyl (C=O) groups is 3. The van der Waals surface area contributed by atoms with E-state index >= 15 is 0 Å². The highest BCUT2D eigenvalue weighted by molar-refractivity contribution is 5.84. The third-order valence-electron chi connectivity index (χ3n) is 3.70. The number of methoxy groups -OCH3 is 1. The fourth-order valence-corrected chi connectivity index (χ4v) is 2.04. The maximum absolute atomic E-state index is 11.9. The van der Waals surface area contributed by atoms with E-state index in [4.69, 9.17) is 9.84 Å². The Morgan fingerprint density at radius 3 is 2.38 bits per heavy atom. The lowest BCUT2D eigenvalue weighted by Crippen LogP contribution is -2.50. The van der Waals surface area contributed by atoms with Gasteiger partial charge in [-0.15, -0.1) is 0 Å². The highest BCUT2D eigenvalue weighted by Crippen LogP contribution is 2.30. The number of piperidine rings is 1. The van der Waals surface area contributed by atoms with Gasteiger partial charge in [-0.2, -0.15) is 0 Å². The molecular formula is C13H23N3O5. The van der Waals surface area contributed by atoms with E-state index in [0.29, 0.717) is 39.1 Å². The molecule has 1 heterocycles. The van der Waals surface area contributed by atoms with Crippen LogP contribution in [0.15, 0.2) is 0 Å². The molecule has 1 rings (SSSR count). The van der Waals surface area contributed by atoms with Crippen molar-refractivity contribution in [2.45, 2.75) is 19.8 Å². The number of ether oxygens (including phenoxy) is 1. The highest BCUT2D eigenvalue weighted by Gasteiger charge is 2.37. The van der Waals surface area contributed by atoms with Crippen LogP contribution in [0.25, 0.3) is 0 Å². The van der Waals surface area contributed by atoms with Crippen molar-refractivity contribution in [3.05, 3.63) is 0 Å². The normalized spacial score (nSPS) is 17.1. The van der Waals surface area contributed by atoms with Crippen LogP contribution < -0.4 is 10.6 Å². The van der Waals surface area contributed by atoms with E-state index in [1.165, 1.54) is 12.0 Å². The van der Waals surface area contributed by atoms with E-state index in [9.17, 15) is 14.4 Å². The molecular weight excluding hydrogens is 278 g/mol. The maximum Gasteiger partial charge on any atom is 0.317 e. The Hall–Kier alpha value is -1.83. The number of urea groups is 1. The van der Waals surface area contributed by atoms with Crippen LogP contribution in [-0.2, 0) is 14.3 Å². The molecule has 8 nitrogen and oxygen atoms in total. The lowest BCUT2D eigenvalue weighted by molar-refractivity contribution is -0.150. The summed E-state index contributed by atoms with van der Waals surface area (Å²) in [4.78, 5) is 35.9. The number of carboxylic acid groups (broad SMARTS) is 1. The van der Waals surface area contributed by atoms with E-state index in [-0.39, 0.29) is 18.5 Å². The van der Waals surface area contributed by atoms with Gasteiger partial charge in [0.25, 0.3) is 0 Å². The van der Waals surface area contributed by atoms with Crippen molar-refractivity contribution in [1.82, 2.24) is 15.5 Å². The Kier molecular flexibility index (Phi) is 6.41. The first-order valence-electron chi connectivity index (χ1n) is 6.91. The van der Waals surface area contributed by atoms with Crippen molar-refractivity contribution in [3.8, 4) is 0 Å². The number of carboxylic acids is 1. The van der Waals surface area contributed by atoms with E-state index in [2.05, 4.69) is 10.6 Å². The number of carbonyl (C=O) groups excluding carboxylic acids is 2. The maximum atomic E-state index is 11.9. The molecule has 0 radical (unpaired) electrons. The van der Waals surface area contributed by atoms with E-state index in [0.717, 1.165) is 0 Å². The Morgan fingerprint density at radius 2 is 1.86 bits per heavy atom. The van der Waals surface area contributed by atoms with Crippen LogP contribution in [0.5, 0.6) is 0 Å². The van der Waals surface area contributed by atoms with Crippen molar-refractivity contribution < 1.29 is 24.2 Å². The van der Waals surface area contributed by atoms with Gasteiger partial charge in [0.2, 0.25) is 5.91 Å². The first kappa shape index (κ1) is 17.2. The second kappa shape index (κ2) is 7.82. The number of amides is 3. The molecule has 0 atom stereocenters. The zero-order chi connectivity index (χ0) is 15.9. The molecule has 0 saturated carbocycles. The average molecular weight is 301 g/mol. The number of rotatable bonds is 6. The van der Waals surface area contributed by atoms with Crippen molar-refractivity contribution in [3.63, 3.8) is 0 Å². The van der Waals surface area contributed by atoms with Crippen molar-refractivity contribution in [2.75, 3.05) is 39.9 Å². The number of hydrogen-bond acceptors (Lipinski definition) is 4. The van der Waals surface area contributed by atoms with Gasteiger partial charge in [-0.1, -0.05) is 0 Å². The summed E-state index contributed by atoms with van der Waals surface area (Å²) in [6.07, 6.45) is 0.825. The molecule has 0 aliphatic carbocycles. The van der Waals surface area contributed by atoms with E-state index in [1.54, 1.807) is 6.92 Å². The van der Waals surface area contributed by atoms with Crippen molar-refractivity contribution in [1.29, 1.82) is 0 Å². The summed E-state index contributed by atoms with van der Waals surface area (Å²) in [5.41, 5.74) is -0.770. The molecule has 0 aromatic heterocycles. The van der Waals surface area contributed by atoms with Gasteiger partial charge in [-0.25, -0.2) is 4.79 Å². The first-order valence-corrected chi connectivity index (χ1v) is 6.91. The van der Waals surface area contributed by atoms with Gasteiger partial charge in [0.15, 0.2) is 0 Å². The molecule has 1 fully saturated rings. The lowest BCUT2D eigenvalue weighted by atomic mass is 9.80. The molecule has 0 aromatic carbocycles. The van der Waals surface area contributed by atoms with Crippen LogP contribution in [0.2, 0.25) is 0 Å². The van der Waals surface area contributed by atoms with E-state index in [1.807, 2.05) is 0 Å². The second-order valence-electron chi connectivity index (χ2n) is 5.35. The summed E-state index contributed by atoms with van der Waals surface area (Å²) in [6, 6.07) is -0.343. The van der Waals surface area contributed by atoms with Crippen LogP contribution in [0.3, 0.4) is 0 Å². The predicted molar refractivity (Wildman–Crippen MR) is 74.8 cm³/mol. The second-order valence-corrected chi connectivity index (χ2v) is 5.35. The van der Waals surface area contributed by atoms with Gasteiger partial charge in [-0.05, 0) is 19.8 Å². The Labute approximate surface area is 123 Å². The quantitative estimate of drug-likeness (QED) is 0.581. The molecule has 120 valence electrons. The standard InChI is InChI=1S/C13H23N3O5/c1-13(11(18)19)3-6-16(7-4-13)12(20)15-9-10(17)14-5-8-21-2/h3-9H2,1-2H3,(H,14,17)(H,15,20)(H,18,19). The Balaban J connectivity index is 2.28. The summed E-state index contributed by atoms with van der Waals surface area (Å²) in [5, 5.41) is 14.2. The third-order valence-corrected chi connectivity index (χ3v) is 3.70. The molecule has 1 aliphatic heterocycles. The van der Waals surface area contributed by atoms with E-state index < -0.39 is 11.4 Å². The number of nitrogens with one attached hydrogen (secondary N) is 2. The zero-order valence-electron chi connectivity index (χ0n) is 12.5. The minimum Gasteiger partial charge on any atom is -0.481 e. The van der Waals surface area contributed by atoms with Crippen LogP contribution in [-0.4, -0.2) is 67.8 Å². The van der Waals surface area contributed by atoms with Gasteiger partial charge in [0.1, 0.15) is 0 Å². The largest absolute Gasteiger partial charge is 0.481 e. The van der Waals surface area contributed by atoms with Gasteiger partial charge in [0.05, 0.1) is 18.6 Å². The van der Waals surface area contributed by atoms with Crippen molar-refractivity contribution >= 4 is 17.9 Å². The lowest BCUT2D eigenvalue weighted by Gasteiger charge is -2.36. The third kappa shape index (κ3) is 5.22. The number of likely N-dealkylation sites (tertiary alicyclic amines) is 1. The summed E-state index contributed by atoms with van der Waals surface area (Å²) in [6.45, 7) is 3.15. The smallest absolute Gasteiger partial charge is 0.317 e. The summed E-state index contributed by atoms with van der Waals surface area (Å²) in [5.74, 6) is -1.12. The summed E-state index contributed by atoms with van der Waals surface area (Å²) in [7, 11) is 1.54. The summed E-state index contributed by atoms with van der Waals surface area (Å²) >= 11 is 0. The molecule has 0 spiro atoms. The average Bonchev–Trinajstić information content (AvgIpc) is 2.45. The van der Waals surface area contributed by atoms with Crippen LogP contribution >= 0.6 is 0 Å². The Morgan fingerprint density at radius 1 is 1.24 bits per heavy atom. The minimum absolute atomic E-state index is 0.102. The number of aliphatic carboxylic acids is 1. The molecule has 0 aromatic rings. The zero-order valence-corrected chi connectivity index (χ0v) is 12.5. The molecule has 0 unspecified atom stereocenters. The first-order chi connectivity index (χ1) is 9.89. The molecule has 1 aliphatic rings. The molecule has 8 heteroatoms. The molecule has 21 heavy (non-hydrogen) atoms.